The molecule has 0 saturated heterocycles. The first-order valence-electron chi connectivity index (χ1n) is 6.76. The molecule has 0 aliphatic carbocycles. The van der Waals surface area contributed by atoms with Crippen LogP contribution in [0.1, 0.15) is 18.1 Å². The highest BCUT2D eigenvalue weighted by Crippen LogP contribution is 2.50. The predicted molar refractivity (Wildman–Crippen MR) is 75.6 cm³/mol. The summed E-state index contributed by atoms with van der Waals surface area (Å²) in [5, 5.41) is 32.1. The number of phenols is 1. The summed E-state index contributed by atoms with van der Waals surface area (Å²) in [6.07, 6.45) is -0.360. The van der Waals surface area contributed by atoms with E-state index in [9.17, 15) is 34.9 Å². The maximum atomic E-state index is 11.9. The van der Waals surface area contributed by atoms with E-state index < -0.39 is 50.6 Å². The Hall–Kier alpha value is -3.24. The summed E-state index contributed by atoms with van der Waals surface area (Å²) in [6, 6.07) is 0. The topological polar surface area (TPSA) is 159 Å². The standard InChI is InChI=1S/C13H12N2O9/c1-3-23-12(17)7-4-6-5(2)8(14(19)20)10(16)9(15(21)22)11(6)24-13(7)18/h7,16H,3-4H2,1-2H3. The SMILES string of the molecule is CCOC(=O)C1Cc2c(C)c([N+](=O)[O-])c(O)c([N+](=O)[O-])c2OC1=O. The first-order valence-corrected chi connectivity index (χ1v) is 6.76. The van der Waals surface area contributed by atoms with Crippen molar-refractivity contribution in [3.05, 3.63) is 31.4 Å². The quantitative estimate of drug-likeness (QED) is 0.279. The number of ether oxygens (including phenoxy) is 2. The van der Waals surface area contributed by atoms with E-state index >= 15 is 0 Å². The number of nitrogens with zero attached hydrogens (tertiary/aromatic N) is 2. The molecule has 1 aliphatic rings. The van der Waals surface area contributed by atoms with Gasteiger partial charge in [-0.05, 0) is 13.8 Å². The summed E-state index contributed by atoms with van der Waals surface area (Å²) in [6.45, 7) is 2.77. The minimum Gasteiger partial charge on any atom is -0.497 e. The van der Waals surface area contributed by atoms with Crippen LogP contribution < -0.4 is 4.74 Å². The Balaban J connectivity index is 2.69. The van der Waals surface area contributed by atoms with Crippen molar-refractivity contribution in [2.45, 2.75) is 20.3 Å². The molecule has 1 atom stereocenters. The normalized spacial score (nSPS) is 16.1. The lowest BCUT2D eigenvalue weighted by Crippen LogP contribution is -2.35. The second-order valence-corrected chi connectivity index (χ2v) is 4.92. The van der Waals surface area contributed by atoms with Crippen molar-refractivity contribution >= 4 is 23.3 Å². The molecular weight excluding hydrogens is 328 g/mol. The summed E-state index contributed by atoms with van der Waals surface area (Å²) < 4.78 is 9.57. The van der Waals surface area contributed by atoms with Gasteiger partial charge in [-0.1, -0.05) is 0 Å². The molecule has 0 fully saturated rings. The van der Waals surface area contributed by atoms with E-state index in [1.807, 2.05) is 0 Å². The fourth-order valence-corrected chi connectivity index (χ4v) is 2.48. The smallest absolute Gasteiger partial charge is 0.360 e. The third-order valence-electron chi connectivity index (χ3n) is 3.58. The number of hydrogen-bond donors (Lipinski definition) is 1. The van der Waals surface area contributed by atoms with Crippen molar-refractivity contribution in [1.82, 2.24) is 0 Å². The highest BCUT2D eigenvalue weighted by atomic mass is 16.6. The highest BCUT2D eigenvalue weighted by Gasteiger charge is 2.44. The summed E-state index contributed by atoms with van der Waals surface area (Å²) in [5.41, 5.74) is -2.15. The molecule has 11 heteroatoms. The number of esters is 2. The molecule has 0 spiro atoms. The van der Waals surface area contributed by atoms with Crippen LogP contribution in [-0.4, -0.2) is 33.5 Å². The number of nitro groups is 2. The average molecular weight is 340 g/mol. The lowest BCUT2D eigenvalue weighted by Gasteiger charge is -2.23. The van der Waals surface area contributed by atoms with Crippen LogP contribution in [0.2, 0.25) is 0 Å². The van der Waals surface area contributed by atoms with Gasteiger partial charge in [0.25, 0.3) is 5.75 Å². The van der Waals surface area contributed by atoms with Gasteiger partial charge in [0, 0.05) is 17.5 Å². The molecule has 128 valence electrons. The third-order valence-corrected chi connectivity index (χ3v) is 3.58. The number of carbonyl (C=O) groups excluding carboxylic acids is 2. The van der Waals surface area contributed by atoms with E-state index in [0.29, 0.717) is 0 Å². The number of carbonyl (C=O) groups is 2. The number of fused-ring (bicyclic) bond motifs is 1. The van der Waals surface area contributed by atoms with Crippen LogP contribution in [-0.2, 0) is 20.7 Å². The van der Waals surface area contributed by atoms with E-state index in [2.05, 4.69) is 0 Å². The molecule has 0 radical (unpaired) electrons. The minimum absolute atomic E-state index is 0.00429. The molecule has 1 aromatic carbocycles. The Morgan fingerprint density at radius 3 is 2.42 bits per heavy atom. The summed E-state index contributed by atoms with van der Waals surface area (Å²) in [4.78, 5) is 43.9. The van der Waals surface area contributed by atoms with E-state index in [1.54, 1.807) is 0 Å². The van der Waals surface area contributed by atoms with Gasteiger partial charge in [-0.3, -0.25) is 29.8 Å². The van der Waals surface area contributed by atoms with Gasteiger partial charge >= 0.3 is 23.3 Å². The summed E-state index contributed by atoms with van der Waals surface area (Å²) >= 11 is 0. The minimum atomic E-state index is -1.39. The van der Waals surface area contributed by atoms with Crippen molar-refractivity contribution in [3.8, 4) is 11.5 Å². The van der Waals surface area contributed by atoms with E-state index in [1.165, 1.54) is 13.8 Å². The van der Waals surface area contributed by atoms with Gasteiger partial charge in [0.2, 0.25) is 5.75 Å². The first-order chi connectivity index (χ1) is 11.2. The molecule has 0 bridgehead atoms. The Morgan fingerprint density at radius 1 is 1.33 bits per heavy atom. The number of benzene rings is 1. The second kappa shape index (κ2) is 6.10. The van der Waals surface area contributed by atoms with E-state index in [4.69, 9.17) is 9.47 Å². The number of aromatic hydroxyl groups is 1. The molecule has 11 nitrogen and oxygen atoms in total. The zero-order valence-corrected chi connectivity index (χ0v) is 12.6. The van der Waals surface area contributed by atoms with Crippen molar-refractivity contribution in [3.63, 3.8) is 0 Å². The van der Waals surface area contributed by atoms with Gasteiger partial charge in [-0.15, -0.1) is 0 Å². The van der Waals surface area contributed by atoms with Crippen LogP contribution in [0.25, 0.3) is 0 Å². The number of phenolic OH excluding ortho intramolecular Hbond substituents is 1. The second-order valence-electron chi connectivity index (χ2n) is 4.92. The van der Waals surface area contributed by atoms with Crippen LogP contribution >= 0.6 is 0 Å². The van der Waals surface area contributed by atoms with Crippen LogP contribution in [0, 0.1) is 33.1 Å². The first kappa shape index (κ1) is 17.1. The fourth-order valence-electron chi connectivity index (χ4n) is 2.48. The van der Waals surface area contributed by atoms with E-state index in [0.717, 1.165) is 0 Å². The Bertz CT molecular complexity index is 771. The lowest BCUT2D eigenvalue weighted by atomic mass is 9.91. The molecule has 2 rings (SSSR count). The average Bonchev–Trinajstić information content (AvgIpc) is 2.46. The zero-order valence-electron chi connectivity index (χ0n) is 12.6. The van der Waals surface area contributed by atoms with Crippen molar-refractivity contribution in [2.75, 3.05) is 6.61 Å². The molecule has 1 unspecified atom stereocenters. The largest absolute Gasteiger partial charge is 0.497 e. The van der Waals surface area contributed by atoms with Crippen molar-refractivity contribution in [2.24, 2.45) is 5.92 Å². The van der Waals surface area contributed by atoms with Crippen molar-refractivity contribution < 1.29 is 34.0 Å². The number of rotatable bonds is 4. The Morgan fingerprint density at radius 2 is 1.92 bits per heavy atom. The summed E-state index contributed by atoms with van der Waals surface area (Å²) in [5.74, 6) is -5.17. The zero-order chi connectivity index (χ0) is 18.2. The van der Waals surface area contributed by atoms with Crippen LogP contribution in [0.15, 0.2) is 0 Å². The number of nitro benzene ring substituents is 2. The molecule has 0 amide bonds. The Kier molecular flexibility index (Phi) is 4.35. The fraction of sp³-hybridized carbons (Fsp3) is 0.385. The van der Waals surface area contributed by atoms with Gasteiger partial charge < -0.3 is 14.6 Å². The van der Waals surface area contributed by atoms with Crippen molar-refractivity contribution in [1.29, 1.82) is 0 Å². The predicted octanol–water partition coefficient (Wildman–Crippen LogP) is 1.16. The van der Waals surface area contributed by atoms with Gasteiger partial charge in [0.05, 0.1) is 16.5 Å². The van der Waals surface area contributed by atoms with Gasteiger partial charge in [0.15, 0.2) is 5.92 Å². The molecule has 1 aliphatic heterocycles. The molecule has 1 heterocycles. The van der Waals surface area contributed by atoms with Crippen LogP contribution in [0.5, 0.6) is 11.5 Å². The van der Waals surface area contributed by atoms with Crippen LogP contribution in [0.4, 0.5) is 11.4 Å². The maximum Gasteiger partial charge on any atom is 0.360 e. The molecule has 0 saturated carbocycles. The monoisotopic (exact) mass is 340 g/mol. The van der Waals surface area contributed by atoms with Gasteiger partial charge in [-0.25, -0.2) is 0 Å². The molecule has 24 heavy (non-hydrogen) atoms. The highest BCUT2D eigenvalue weighted by molar-refractivity contribution is 5.98. The van der Waals surface area contributed by atoms with E-state index in [-0.39, 0.29) is 24.2 Å². The van der Waals surface area contributed by atoms with Gasteiger partial charge in [0.1, 0.15) is 0 Å². The van der Waals surface area contributed by atoms with Gasteiger partial charge in [-0.2, -0.15) is 0 Å². The molecule has 1 N–H and O–H groups in total. The molecular formula is C13H12N2O9. The maximum absolute atomic E-state index is 11.9. The van der Waals surface area contributed by atoms with Crippen LogP contribution in [0.3, 0.4) is 0 Å². The third kappa shape index (κ3) is 2.59. The number of hydrogen-bond acceptors (Lipinski definition) is 9. The lowest BCUT2D eigenvalue weighted by molar-refractivity contribution is -0.397. The molecule has 0 aromatic heterocycles. The Labute approximate surface area is 134 Å². The summed E-state index contributed by atoms with van der Waals surface area (Å²) in [7, 11) is 0. The molecule has 1 aromatic rings.